The Balaban J connectivity index is 1.87. The average molecular weight is 511 g/mol. The van der Waals surface area contributed by atoms with Gasteiger partial charge < -0.3 is 14.2 Å². The molecule has 8 nitrogen and oxygen atoms in total. The summed E-state index contributed by atoms with van der Waals surface area (Å²) in [6.07, 6.45) is 5.46. The SMILES string of the molecule is CCCCCC1C(C(=O)OC)C(c2ccc3c(c2)OCO3)CN1CCN(CCC)S(=O)(=O)CCC. The topological polar surface area (TPSA) is 85.4 Å². The van der Waals surface area contributed by atoms with E-state index in [1.54, 1.807) is 4.31 Å². The van der Waals surface area contributed by atoms with E-state index in [2.05, 4.69) is 11.8 Å². The number of carbonyl (C=O) groups is 1. The Morgan fingerprint density at radius 3 is 2.54 bits per heavy atom. The molecule has 3 rings (SSSR count). The van der Waals surface area contributed by atoms with Crippen molar-refractivity contribution in [1.29, 1.82) is 0 Å². The van der Waals surface area contributed by atoms with Crippen molar-refractivity contribution in [3.05, 3.63) is 23.8 Å². The fourth-order valence-electron chi connectivity index (χ4n) is 5.40. The smallest absolute Gasteiger partial charge is 0.310 e. The predicted molar refractivity (Wildman–Crippen MR) is 136 cm³/mol. The number of hydrogen-bond donors (Lipinski definition) is 0. The molecule has 3 atom stereocenters. The third kappa shape index (κ3) is 6.68. The molecule has 0 N–H and O–H groups in total. The quantitative estimate of drug-likeness (QED) is 0.276. The van der Waals surface area contributed by atoms with Gasteiger partial charge >= 0.3 is 5.97 Å². The Kier molecular flexibility index (Phi) is 10.2. The van der Waals surface area contributed by atoms with Crippen LogP contribution < -0.4 is 9.47 Å². The van der Waals surface area contributed by atoms with Crippen LogP contribution in [-0.4, -0.2) is 75.5 Å². The number of esters is 1. The summed E-state index contributed by atoms with van der Waals surface area (Å²) in [4.78, 5) is 15.4. The van der Waals surface area contributed by atoms with E-state index in [0.717, 1.165) is 37.7 Å². The van der Waals surface area contributed by atoms with Gasteiger partial charge in [0.15, 0.2) is 11.5 Å². The van der Waals surface area contributed by atoms with Gasteiger partial charge in [0.1, 0.15) is 0 Å². The van der Waals surface area contributed by atoms with Crippen molar-refractivity contribution in [1.82, 2.24) is 9.21 Å². The highest BCUT2D eigenvalue weighted by Gasteiger charge is 2.47. The first-order valence-electron chi connectivity index (χ1n) is 13.0. The Labute approximate surface area is 211 Å². The van der Waals surface area contributed by atoms with Crippen LogP contribution in [0.15, 0.2) is 18.2 Å². The number of hydrogen-bond acceptors (Lipinski definition) is 7. The third-order valence-corrected chi connectivity index (χ3v) is 9.19. The van der Waals surface area contributed by atoms with Crippen LogP contribution in [0.2, 0.25) is 0 Å². The summed E-state index contributed by atoms with van der Waals surface area (Å²) in [6.45, 7) is 8.48. The standard InChI is InChI=1S/C26H42N2O6S/c1-5-8-9-10-22-25(26(29)32-4)21(20-11-12-23-24(17-20)34-19-33-23)18-27(22)14-15-28(13-6-2)35(30,31)16-7-3/h11-12,17,21-22,25H,5-10,13-16,18-19H2,1-4H3. The zero-order valence-electron chi connectivity index (χ0n) is 21.7. The number of likely N-dealkylation sites (tertiary alicyclic amines) is 1. The fraction of sp³-hybridized carbons (Fsp3) is 0.731. The maximum absolute atomic E-state index is 13.1. The van der Waals surface area contributed by atoms with E-state index >= 15 is 0 Å². The number of rotatable bonds is 14. The second-order valence-electron chi connectivity index (χ2n) is 9.54. The molecule has 1 fully saturated rings. The van der Waals surface area contributed by atoms with Crippen LogP contribution in [0.4, 0.5) is 0 Å². The maximum atomic E-state index is 13.1. The number of methoxy groups -OCH3 is 1. The zero-order valence-corrected chi connectivity index (χ0v) is 22.5. The van der Waals surface area contributed by atoms with E-state index in [4.69, 9.17) is 14.2 Å². The number of fused-ring (bicyclic) bond motifs is 1. The van der Waals surface area contributed by atoms with Crippen LogP contribution in [-0.2, 0) is 19.6 Å². The lowest BCUT2D eigenvalue weighted by atomic mass is 9.83. The largest absolute Gasteiger partial charge is 0.469 e. The van der Waals surface area contributed by atoms with Gasteiger partial charge in [-0.3, -0.25) is 9.69 Å². The highest BCUT2D eigenvalue weighted by molar-refractivity contribution is 7.89. The normalized spacial score (nSPS) is 22.1. The van der Waals surface area contributed by atoms with Crippen molar-refractivity contribution in [3.8, 4) is 11.5 Å². The van der Waals surface area contributed by atoms with Crippen molar-refractivity contribution in [2.24, 2.45) is 5.92 Å². The lowest BCUT2D eigenvalue weighted by Crippen LogP contribution is -2.43. The molecule has 198 valence electrons. The minimum absolute atomic E-state index is 0.00165. The van der Waals surface area contributed by atoms with Gasteiger partial charge in [-0.05, 0) is 37.0 Å². The van der Waals surface area contributed by atoms with Crippen molar-refractivity contribution in [2.45, 2.75) is 71.3 Å². The predicted octanol–water partition coefficient (Wildman–Crippen LogP) is 4.00. The van der Waals surface area contributed by atoms with Crippen LogP contribution in [0.3, 0.4) is 0 Å². The molecule has 0 aromatic heterocycles. The Bertz CT molecular complexity index is 938. The lowest BCUT2D eigenvalue weighted by Gasteiger charge is -2.30. The second-order valence-corrected chi connectivity index (χ2v) is 11.6. The number of carbonyl (C=O) groups excluding carboxylic acids is 1. The van der Waals surface area contributed by atoms with Crippen LogP contribution in [0.5, 0.6) is 11.5 Å². The Morgan fingerprint density at radius 2 is 1.86 bits per heavy atom. The number of sulfonamides is 1. The van der Waals surface area contributed by atoms with E-state index in [1.807, 2.05) is 32.0 Å². The summed E-state index contributed by atoms with van der Waals surface area (Å²) < 4.78 is 43.7. The van der Waals surface area contributed by atoms with E-state index in [0.29, 0.717) is 44.1 Å². The first-order valence-corrected chi connectivity index (χ1v) is 14.7. The molecule has 1 saturated heterocycles. The van der Waals surface area contributed by atoms with Gasteiger partial charge in [0.2, 0.25) is 16.8 Å². The first kappa shape index (κ1) is 27.7. The van der Waals surface area contributed by atoms with Gasteiger partial charge in [-0.2, -0.15) is 0 Å². The van der Waals surface area contributed by atoms with Crippen LogP contribution in [0.25, 0.3) is 0 Å². The summed E-state index contributed by atoms with van der Waals surface area (Å²) in [5.74, 6) is 0.999. The number of unbranched alkanes of at least 4 members (excludes halogenated alkanes) is 2. The van der Waals surface area contributed by atoms with E-state index in [-0.39, 0.29) is 36.4 Å². The average Bonchev–Trinajstić information content (AvgIpc) is 3.45. The molecule has 0 amide bonds. The highest BCUT2D eigenvalue weighted by atomic mass is 32.2. The van der Waals surface area contributed by atoms with E-state index in [9.17, 15) is 13.2 Å². The monoisotopic (exact) mass is 510 g/mol. The Hall–Kier alpha value is -1.84. The van der Waals surface area contributed by atoms with Crippen LogP contribution in [0.1, 0.15) is 70.8 Å². The summed E-state index contributed by atoms with van der Waals surface area (Å²) >= 11 is 0. The van der Waals surface area contributed by atoms with Gasteiger partial charge in [0, 0.05) is 38.1 Å². The van der Waals surface area contributed by atoms with Crippen molar-refractivity contribution < 1.29 is 27.4 Å². The van der Waals surface area contributed by atoms with Crippen molar-refractivity contribution >= 4 is 16.0 Å². The lowest BCUT2D eigenvalue weighted by molar-refractivity contribution is -0.146. The van der Waals surface area contributed by atoms with Gasteiger partial charge in [-0.25, -0.2) is 12.7 Å². The molecular weight excluding hydrogens is 468 g/mol. The highest BCUT2D eigenvalue weighted by Crippen LogP contribution is 2.43. The fourth-order valence-corrected chi connectivity index (χ4v) is 6.99. The maximum Gasteiger partial charge on any atom is 0.310 e. The minimum Gasteiger partial charge on any atom is -0.469 e. The van der Waals surface area contributed by atoms with Gasteiger partial charge in [0.25, 0.3) is 0 Å². The summed E-state index contributed by atoms with van der Waals surface area (Å²) in [5, 5.41) is 0. The third-order valence-electron chi connectivity index (χ3n) is 7.11. The molecule has 2 aliphatic rings. The molecule has 1 aromatic rings. The molecule has 0 saturated carbocycles. The summed E-state index contributed by atoms with van der Waals surface area (Å²) in [6, 6.07) is 5.89. The molecule has 0 spiro atoms. The van der Waals surface area contributed by atoms with Crippen molar-refractivity contribution in [3.63, 3.8) is 0 Å². The van der Waals surface area contributed by atoms with Gasteiger partial charge in [-0.15, -0.1) is 0 Å². The molecule has 3 unspecified atom stereocenters. The molecule has 1 aromatic carbocycles. The number of benzene rings is 1. The molecule has 0 aliphatic carbocycles. The van der Waals surface area contributed by atoms with E-state index < -0.39 is 10.0 Å². The summed E-state index contributed by atoms with van der Waals surface area (Å²) in [7, 11) is -1.84. The molecule has 2 aliphatic heterocycles. The molecule has 0 radical (unpaired) electrons. The zero-order chi connectivity index (χ0) is 25.4. The van der Waals surface area contributed by atoms with E-state index in [1.165, 1.54) is 7.11 Å². The van der Waals surface area contributed by atoms with Crippen molar-refractivity contribution in [2.75, 3.05) is 45.8 Å². The number of ether oxygens (including phenoxy) is 3. The molecular formula is C26H42N2O6S. The molecule has 35 heavy (non-hydrogen) atoms. The molecule has 2 heterocycles. The van der Waals surface area contributed by atoms with Gasteiger partial charge in [0.05, 0.1) is 18.8 Å². The van der Waals surface area contributed by atoms with Crippen LogP contribution >= 0.6 is 0 Å². The first-order chi connectivity index (χ1) is 16.9. The molecule has 0 bridgehead atoms. The number of nitrogens with zero attached hydrogens (tertiary/aromatic N) is 2. The minimum atomic E-state index is -3.29. The van der Waals surface area contributed by atoms with Gasteiger partial charge in [-0.1, -0.05) is 46.1 Å². The second kappa shape index (κ2) is 12.9. The Morgan fingerprint density at radius 1 is 1.09 bits per heavy atom. The summed E-state index contributed by atoms with van der Waals surface area (Å²) in [5.41, 5.74) is 1.02. The van der Waals surface area contributed by atoms with Crippen LogP contribution in [0, 0.1) is 5.92 Å². The molecule has 9 heteroatoms.